The number of rotatable bonds is 0. The van der Waals surface area contributed by atoms with Crippen LogP contribution in [0.4, 0.5) is 0 Å². The van der Waals surface area contributed by atoms with Gasteiger partial charge in [0.1, 0.15) is 5.75 Å². The summed E-state index contributed by atoms with van der Waals surface area (Å²) in [5.41, 5.74) is 2.33. The summed E-state index contributed by atoms with van der Waals surface area (Å²) in [4.78, 5) is 4.33. The molecule has 1 aromatic carbocycles. The Labute approximate surface area is 88.9 Å². The molecule has 1 aromatic heterocycles. The molecule has 2 heteroatoms. The number of fused-ring (bicyclic) bond motifs is 3. The van der Waals surface area contributed by atoms with Crippen LogP contribution in [0.2, 0.25) is 0 Å². The highest BCUT2D eigenvalue weighted by Crippen LogP contribution is 2.34. The fraction of sp³-hybridized carbons (Fsp3) is 0.308. The van der Waals surface area contributed by atoms with E-state index >= 15 is 0 Å². The van der Waals surface area contributed by atoms with Crippen molar-refractivity contribution in [2.45, 2.75) is 25.9 Å². The van der Waals surface area contributed by atoms with E-state index < -0.39 is 0 Å². The van der Waals surface area contributed by atoms with Gasteiger partial charge in [0.2, 0.25) is 0 Å². The Kier molecular flexibility index (Phi) is 1.88. The van der Waals surface area contributed by atoms with Gasteiger partial charge < -0.3 is 4.74 Å². The average molecular weight is 199 g/mol. The van der Waals surface area contributed by atoms with E-state index in [4.69, 9.17) is 4.74 Å². The lowest BCUT2D eigenvalue weighted by atomic mass is 10.0. The van der Waals surface area contributed by atoms with Crippen LogP contribution in [0.3, 0.4) is 0 Å². The van der Waals surface area contributed by atoms with Crippen LogP contribution in [0.1, 0.15) is 18.9 Å². The summed E-state index contributed by atoms with van der Waals surface area (Å²) in [7, 11) is 0. The summed E-state index contributed by atoms with van der Waals surface area (Å²) in [5, 5.41) is 1.14. The highest BCUT2D eigenvalue weighted by Gasteiger charge is 2.18. The molecule has 0 aliphatic carbocycles. The van der Waals surface area contributed by atoms with Crippen molar-refractivity contribution in [1.82, 2.24) is 4.98 Å². The molecule has 76 valence electrons. The maximum atomic E-state index is 5.91. The van der Waals surface area contributed by atoms with Crippen molar-refractivity contribution in [3.63, 3.8) is 0 Å². The Balaban J connectivity index is 2.28. The van der Waals surface area contributed by atoms with E-state index in [0.717, 1.165) is 29.5 Å². The molecule has 1 aliphatic rings. The molecule has 0 fully saturated rings. The summed E-state index contributed by atoms with van der Waals surface area (Å²) in [5.74, 6) is 1.04. The van der Waals surface area contributed by atoms with Crippen molar-refractivity contribution in [1.29, 1.82) is 0 Å². The standard InChI is InChI=1S/C13H13NO/c1-9-4-5-10-6-7-12-11(13(10)15-9)3-2-8-14-12/h2-3,6-9H,4-5H2,1H3. The molecule has 2 aromatic rings. The number of ether oxygens (including phenoxy) is 1. The van der Waals surface area contributed by atoms with Crippen molar-refractivity contribution in [2.24, 2.45) is 0 Å². The van der Waals surface area contributed by atoms with E-state index in [2.05, 4.69) is 30.1 Å². The highest BCUT2D eigenvalue weighted by atomic mass is 16.5. The summed E-state index contributed by atoms with van der Waals surface area (Å²) in [6.07, 6.45) is 4.37. The lowest BCUT2D eigenvalue weighted by molar-refractivity contribution is 0.195. The van der Waals surface area contributed by atoms with E-state index in [-0.39, 0.29) is 0 Å². The fourth-order valence-corrected chi connectivity index (χ4v) is 2.13. The molecule has 1 atom stereocenters. The van der Waals surface area contributed by atoms with Crippen molar-refractivity contribution in [3.8, 4) is 5.75 Å². The normalized spacial score (nSPS) is 19.7. The van der Waals surface area contributed by atoms with E-state index in [0.29, 0.717) is 6.10 Å². The number of hydrogen-bond donors (Lipinski definition) is 0. The number of pyridine rings is 1. The van der Waals surface area contributed by atoms with Crippen LogP contribution >= 0.6 is 0 Å². The number of aromatic nitrogens is 1. The molecule has 0 saturated carbocycles. The number of nitrogens with zero attached hydrogens (tertiary/aromatic N) is 1. The van der Waals surface area contributed by atoms with Crippen LogP contribution in [0.25, 0.3) is 10.9 Å². The summed E-state index contributed by atoms with van der Waals surface area (Å²) in [6.45, 7) is 2.12. The Morgan fingerprint density at radius 3 is 3.20 bits per heavy atom. The predicted octanol–water partition coefficient (Wildman–Crippen LogP) is 2.95. The van der Waals surface area contributed by atoms with Gasteiger partial charge in [0.05, 0.1) is 11.6 Å². The number of hydrogen-bond acceptors (Lipinski definition) is 2. The third-order valence-corrected chi connectivity index (χ3v) is 2.96. The van der Waals surface area contributed by atoms with Gasteiger partial charge in [0.15, 0.2) is 0 Å². The zero-order valence-electron chi connectivity index (χ0n) is 8.73. The second-order valence-corrected chi connectivity index (χ2v) is 4.09. The number of benzene rings is 1. The molecular formula is C13H13NO. The monoisotopic (exact) mass is 199 g/mol. The second kappa shape index (κ2) is 3.23. The molecule has 15 heavy (non-hydrogen) atoms. The summed E-state index contributed by atoms with van der Waals surface area (Å²) >= 11 is 0. The molecule has 1 aliphatic heterocycles. The van der Waals surface area contributed by atoms with Crippen molar-refractivity contribution < 1.29 is 4.74 Å². The first kappa shape index (κ1) is 8.72. The average Bonchev–Trinajstić information content (AvgIpc) is 2.29. The topological polar surface area (TPSA) is 22.1 Å². The van der Waals surface area contributed by atoms with E-state index in [9.17, 15) is 0 Å². The first-order valence-corrected chi connectivity index (χ1v) is 5.38. The SMILES string of the molecule is CC1CCc2ccc3ncccc3c2O1. The van der Waals surface area contributed by atoms with Crippen molar-refractivity contribution in [3.05, 3.63) is 36.0 Å². The molecular weight excluding hydrogens is 186 g/mol. The van der Waals surface area contributed by atoms with Crippen molar-refractivity contribution in [2.75, 3.05) is 0 Å². The van der Waals surface area contributed by atoms with Gasteiger partial charge >= 0.3 is 0 Å². The highest BCUT2D eigenvalue weighted by molar-refractivity contribution is 5.86. The Morgan fingerprint density at radius 1 is 1.33 bits per heavy atom. The maximum Gasteiger partial charge on any atom is 0.132 e. The first-order valence-electron chi connectivity index (χ1n) is 5.38. The molecule has 2 heterocycles. The van der Waals surface area contributed by atoms with Gasteiger partial charge in [-0.2, -0.15) is 0 Å². The molecule has 0 amide bonds. The van der Waals surface area contributed by atoms with E-state index in [1.807, 2.05) is 12.3 Å². The van der Waals surface area contributed by atoms with E-state index in [1.165, 1.54) is 5.56 Å². The van der Waals surface area contributed by atoms with Gasteiger partial charge in [-0.05, 0) is 43.5 Å². The largest absolute Gasteiger partial charge is 0.490 e. The maximum absolute atomic E-state index is 5.91. The van der Waals surface area contributed by atoms with Gasteiger partial charge in [0, 0.05) is 11.6 Å². The molecule has 1 unspecified atom stereocenters. The van der Waals surface area contributed by atoms with Gasteiger partial charge in [-0.1, -0.05) is 6.07 Å². The van der Waals surface area contributed by atoms with Crippen LogP contribution in [-0.2, 0) is 6.42 Å². The van der Waals surface area contributed by atoms with Crippen LogP contribution in [0, 0.1) is 0 Å². The van der Waals surface area contributed by atoms with Crippen LogP contribution in [0.15, 0.2) is 30.5 Å². The third-order valence-electron chi connectivity index (χ3n) is 2.96. The summed E-state index contributed by atoms with van der Waals surface area (Å²) < 4.78 is 5.91. The molecule has 3 rings (SSSR count). The quantitative estimate of drug-likeness (QED) is 0.650. The predicted molar refractivity (Wildman–Crippen MR) is 60.2 cm³/mol. The lowest BCUT2D eigenvalue weighted by Crippen LogP contribution is -2.18. The minimum absolute atomic E-state index is 0.323. The van der Waals surface area contributed by atoms with Gasteiger partial charge in [-0.3, -0.25) is 4.98 Å². The van der Waals surface area contributed by atoms with Gasteiger partial charge in [-0.25, -0.2) is 0 Å². The first-order chi connectivity index (χ1) is 7.34. The fourth-order valence-electron chi connectivity index (χ4n) is 2.13. The Hall–Kier alpha value is -1.57. The van der Waals surface area contributed by atoms with Crippen LogP contribution in [-0.4, -0.2) is 11.1 Å². The van der Waals surface area contributed by atoms with Gasteiger partial charge in [-0.15, -0.1) is 0 Å². The Bertz CT molecular complexity index is 507. The zero-order valence-corrected chi connectivity index (χ0v) is 8.73. The third kappa shape index (κ3) is 1.37. The van der Waals surface area contributed by atoms with Crippen molar-refractivity contribution >= 4 is 10.9 Å². The smallest absolute Gasteiger partial charge is 0.132 e. The van der Waals surface area contributed by atoms with Crippen LogP contribution < -0.4 is 4.74 Å². The number of aryl methyl sites for hydroxylation is 1. The minimum Gasteiger partial charge on any atom is -0.490 e. The lowest BCUT2D eigenvalue weighted by Gasteiger charge is -2.24. The zero-order chi connectivity index (χ0) is 10.3. The molecule has 0 saturated heterocycles. The molecule has 2 nitrogen and oxygen atoms in total. The molecule has 0 bridgehead atoms. The van der Waals surface area contributed by atoms with Crippen LogP contribution in [0.5, 0.6) is 5.75 Å². The second-order valence-electron chi connectivity index (χ2n) is 4.09. The summed E-state index contributed by atoms with van der Waals surface area (Å²) in [6, 6.07) is 8.26. The van der Waals surface area contributed by atoms with E-state index in [1.54, 1.807) is 0 Å². The molecule has 0 spiro atoms. The Morgan fingerprint density at radius 2 is 2.27 bits per heavy atom. The molecule has 0 N–H and O–H groups in total. The molecule has 0 radical (unpaired) electrons. The minimum atomic E-state index is 0.323. The van der Waals surface area contributed by atoms with Gasteiger partial charge in [0.25, 0.3) is 0 Å².